The van der Waals surface area contributed by atoms with Crippen LogP contribution < -0.4 is 0 Å². The lowest BCUT2D eigenvalue weighted by atomic mass is 10.3. The molecule has 6 heteroatoms. The monoisotopic (exact) mass is 425 g/mol. The number of nitrogens with zero attached hydrogens (tertiary/aromatic N) is 1. The SMILES string of the molecule is C1=C=C(c2nccs2)SC=1c1ccc(-c2ccc(Cc3cccs3)s2)s1. The predicted octanol–water partition coefficient (Wildman–Crippen LogP) is 7.47. The first-order valence-corrected chi connectivity index (χ1v) is 12.1. The van der Waals surface area contributed by atoms with Crippen molar-refractivity contribution < 1.29 is 0 Å². The number of thiophene rings is 3. The molecule has 0 radical (unpaired) electrons. The van der Waals surface area contributed by atoms with Crippen LogP contribution in [0, 0.1) is 0 Å². The lowest BCUT2D eigenvalue weighted by molar-refractivity contribution is 1.31. The predicted molar refractivity (Wildman–Crippen MR) is 118 cm³/mol. The zero-order valence-corrected chi connectivity index (χ0v) is 17.5. The quantitative estimate of drug-likeness (QED) is 0.308. The summed E-state index contributed by atoms with van der Waals surface area (Å²) in [5.74, 6) is 0. The van der Waals surface area contributed by atoms with Crippen LogP contribution in [0.5, 0.6) is 0 Å². The van der Waals surface area contributed by atoms with E-state index in [0.29, 0.717) is 0 Å². The van der Waals surface area contributed by atoms with Gasteiger partial charge in [-0.05, 0) is 35.7 Å². The molecule has 5 rings (SSSR count). The minimum atomic E-state index is 1.02. The fourth-order valence-corrected chi connectivity index (χ4v) is 7.20. The van der Waals surface area contributed by atoms with E-state index in [9.17, 15) is 0 Å². The van der Waals surface area contributed by atoms with Gasteiger partial charge in [-0.15, -0.1) is 45.3 Å². The number of aromatic nitrogens is 1. The molecule has 1 aliphatic heterocycles. The van der Waals surface area contributed by atoms with Crippen LogP contribution >= 0.6 is 57.1 Å². The first kappa shape index (κ1) is 16.5. The molecule has 1 aliphatic rings. The van der Waals surface area contributed by atoms with E-state index >= 15 is 0 Å². The molecular weight excluding hydrogens is 415 g/mol. The van der Waals surface area contributed by atoms with Crippen molar-refractivity contribution in [2.24, 2.45) is 0 Å². The van der Waals surface area contributed by atoms with Gasteiger partial charge in [-0.2, -0.15) is 0 Å². The molecule has 0 aromatic carbocycles. The summed E-state index contributed by atoms with van der Waals surface area (Å²) >= 11 is 8.90. The Bertz CT molecular complexity index is 1140. The molecule has 0 spiro atoms. The Morgan fingerprint density at radius 1 is 0.769 bits per heavy atom. The lowest BCUT2D eigenvalue weighted by Crippen LogP contribution is -1.76. The summed E-state index contributed by atoms with van der Waals surface area (Å²) in [6.45, 7) is 0. The minimum absolute atomic E-state index is 1.02. The number of hydrogen-bond donors (Lipinski definition) is 0. The smallest absolute Gasteiger partial charge is 0.138 e. The van der Waals surface area contributed by atoms with Gasteiger partial charge in [0.15, 0.2) is 0 Å². The Hall–Kier alpha value is -1.62. The van der Waals surface area contributed by atoms with E-state index in [-0.39, 0.29) is 0 Å². The van der Waals surface area contributed by atoms with Crippen LogP contribution in [0.1, 0.15) is 19.6 Å². The molecule has 0 unspecified atom stereocenters. The van der Waals surface area contributed by atoms with Gasteiger partial charge in [-0.25, -0.2) is 4.98 Å². The van der Waals surface area contributed by atoms with Crippen molar-refractivity contribution in [2.45, 2.75) is 6.42 Å². The van der Waals surface area contributed by atoms with Gasteiger partial charge in [-0.3, -0.25) is 0 Å². The molecular formula is C20H11NS5. The van der Waals surface area contributed by atoms with Gasteiger partial charge in [0.2, 0.25) is 0 Å². The van der Waals surface area contributed by atoms with Gasteiger partial charge in [0.25, 0.3) is 0 Å². The van der Waals surface area contributed by atoms with Gasteiger partial charge >= 0.3 is 0 Å². The maximum absolute atomic E-state index is 4.36. The molecule has 4 aromatic heterocycles. The molecule has 0 saturated carbocycles. The Kier molecular flexibility index (Phi) is 4.57. The molecule has 26 heavy (non-hydrogen) atoms. The topological polar surface area (TPSA) is 12.9 Å². The van der Waals surface area contributed by atoms with Crippen LogP contribution in [-0.2, 0) is 6.42 Å². The highest BCUT2D eigenvalue weighted by atomic mass is 32.2. The summed E-state index contributed by atoms with van der Waals surface area (Å²) in [4.78, 5) is 13.3. The molecule has 0 bridgehead atoms. The van der Waals surface area contributed by atoms with Crippen molar-refractivity contribution >= 4 is 66.9 Å². The van der Waals surface area contributed by atoms with Gasteiger partial charge in [-0.1, -0.05) is 29.3 Å². The first-order chi connectivity index (χ1) is 12.8. The zero-order chi connectivity index (χ0) is 17.3. The second-order valence-electron chi connectivity index (χ2n) is 5.53. The minimum Gasteiger partial charge on any atom is -0.243 e. The van der Waals surface area contributed by atoms with Crippen molar-refractivity contribution in [3.8, 4) is 9.75 Å². The van der Waals surface area contributed by atoms with Crippen LogP contribution in [0.2, 0.25) is 0 Å². The molecule has 1 nitrogen and oxygen atoms in total. The molecule has 126 valence electrons. The van der Waals surface area contributed by atoms with Crippen LogP contribution in [0.25, 0.3) is 19.6 Å². The molecule has 0 N–H and O–H groups in total. The highest BCUT2D eigenvalue weighted by Crippen LogP contribution is 2.45. The Balaban J connectivity index is 1.37. The van der Waals surface area contributed by atoms with Crippen molar-refractivity contribution in [1.82, 2.24) is 4.98 Å². The lowest BCUT2D eigenvalue weighted by Gasteiger charge is -1.98. The van der Waals surface area contributed by atoms with Crippen molar-refractivity contribution in [2.75, 3.05) is 0 Å². The number of thioether (sulfide) groups is 1. The van der Waals surface area contributed by atoms with Crippen LogP contribution in [0.15, 0.2) is 64.8 Å². The molecule has 0 fully saturated rings. The van der Waals surface area contributed by atoms with E-state index < -0.39 is 0 Å². The maximum atomic E-state index is 4.36. The van der Waals surface area contributed by atoms with Gasteiger partial charge < -0.3 is 0 Å². The maximum Gasteiger partial charge on any atom is 0.138 e. The molecule has 0 saturated heterocycles. The summed E-state index contributed by atoms with van der Waals surface area (Å²) in [7, 11) is 0. The standard InChI is InChI=1S/C20H11NS5/c1-2-13(22-10-1)12-14-3-4-15(24-14)16-5-6-17(25-16)18-7-8-19(26-18)20-21-9-11-23-20/h1-6,9-11H,12H2. The summed E-state index contributed by atoms with van der Waals surface area (Å²) in [6, 6.07) is 13.2. The molecule has 4 aromatic rings. The van der Waals surface area contributed by atoms with Gasteiger partial charge in [0.05, 0.1) is 14.7 Å². The normalized spacial score (nSPS) is 13.2. The Labute approximate surface area is 171 Å². The van der Waals surface area contributed by atoms with Crippen LogP contribution in [-0.4, -0.2) is 4.98 Å². The highest BCUT2D eigenvalue weighted by molar-refractivity contribution is 8.17. The van der Waals surface area contributed by atoms with E-state index in [0.717, 1.165) is 21.2 Å². The largest absolute Gasteiger partial charge is 0.243 e. The van der Waals surface area contributed by atoms with Crippen LogP contribution in [0.3, 0.4) is 0 Å². The third-order valence-electron chi connectivity index (χ3n) is 3.78. The first-order valence-electron chi connectivity index (χ1n) is 7.90. The highest BCUT2D eigenvalue weighted by Gasteiger charge is 2.16. The van der Waals surface area contributed by atoms with Crippen molar-refractivity contribution in [3.05, 3.63) is 84.5 Å². The van der Waals surface area contributed by atoms with E-state index in [1.54, 1.807) is 23.1 Å². The zero-order valence-electron chi connectivity index (χ0n) is 13.4. The van der Waals surface area contributed by atoms with Crippen molar-refractivity contribution in [3.63, 3.8) is 0 Å². The second-order valence-corrected chi connectivity index (χ2v) is 10.7. The van der Waals surface area contributed by atoms with E-state index in [4.69, 9.17) is 0 Å². The van der Waals surface area contributed by atoms with Gasteiger partial charge in [0.1, 0.15) is 5.01 Å². The summed E-state index contributed by atoms with van der Waals surface area (Å²) < 4.78 is 0. The van der Waals surface area contributed by atoms with E-state index in [1.807, 2.05) is 45.6 Å². The molecule has 0 atom stereocenters. The fourth-order valence-electron chi connectivity index (χ4n) is 2.59. The number of thiazole rings is 1. The van der Waals surface area contributed by atoms with Crippen LogP contribution in [0.4, 0.5) is 0 Å². The Morgan fingerprint density at radius 3 is 2.46 bits per heavy atom. The summed E-state index contributed by atoms with van der Waals surface area (Å²) in [5.41, 5.74) is 6.52. The van der Waals surface area contributed by atoms with E-state index in [1.165, 1.54) is 24.4 Å². The van der Waals surface area contributed by atoms with Gasteiger partial charge in [0, 0.05) is 37.5 Å². The summed E-state index contributed by atoms with van der Waals surface area (Å²) in [5, 5.41) is 5.16. The average Bonchev–Trinajstić information content (AvgIpc) is 3.45. The fraction of sp³-hybridized carbons (Fsp3) is 0.0500. The number of rotatable bonds is 5. The summed E-state index contributed by atoms with van der Waals surface area (Å²) in [6.07, 6.45) is 2.87. The average molecular weight is 426 g/mol. The Morgan fingerprint density at radius 2 is 1.62 bits per heavy atom. The third-order valence-corrected chi connectivity index (χ3v) is 9.12. The second kappa shape index (κ2) is 7.18. The van der Waals surface area contributed by atoms with Crippen molar-refractivity contribution in [1.29, 1.82) is 0 Å². The third kappa shape index (κ3) is 3.34. The molecule has 0 amide bonds. The molecule has 5 heterocycles. The van der Waals surface area contributed by atoms with E-state index in [2.05, 4.69) is 58.2 Å². The number of hydrogen-bond acceptors (Lipinski definition) is 6. The molecule has 0 aliphatic carbocycles.